The molecule has 0 aliphatic rings. The van der Waals surface area contributed by atoms with Gasteiger partial charge >= 0.3 is 0 Å². The number of hydrogen-bond donors (Lipinski definition) is 0. The van der Waals surface area contributed by atoms with Gasteiger partial charge in [-0.2, -0.15) is 0 Å². The second-order valence-electron chi connectivity index (χ2n) is 5.53. The molecular formula is C14H17ClOSi. The fourth-order valence-corrected chi connectivity index (χ4v) is 3.61. The first-order valence-corrected chi connectivity index (χ1v) is 9.82. The van der Waals surface area contributed by atoms with Crippen molar-refractivity contribution in [3.63, 3.8) is 0 Å². The van der Waals surface area contributed by atoms with Gasteiger partial charge in [0.15, 0.2) is 0 Å². The Balaban J connectivity index is 2.64. The number of halogens is 1. The van der Waals surface area contributed by atoms with Crippen LogP contribution in [0.3, 0.4) is 0 Å². The summed E-state index contributed by atoms with van der Waals surface area (Å²) in [5.74, 6) is 0.893. The summed E-state index contributed by atoms with van der Waals surface area (Å²) >= 11 is 6.06. The molecule has 17 heavy (non-hydrogen) atoms. The molecule has 0 spiro atoms. The van der Waals surface area contributed by atoms with Crippen molar-refractivity contribution in [2.75, 3.05) is 0 Å². The maximum atomic E-state index is 6.06. The number of furan rings is 1. The average molecular weight is 265 g/mol. The van der Waals surface area contributed by atoms with E-state index in [4.69, 9.17) is 16.0 Å². The fraction of sp³-hybridized carbons (Fsp3) is 0.286. The van der Waals surface area contributed by atoms with E-state index >= 15 is 0 Å². The highest BCUT2D eigenvalue weighted by molar-refractivity contribution is 6.75. The molecule has 0 radical (unpaired) electrons. The molecule has 0 fully saturated rings. The molecule has 1 aromatic heterocycles. The summed E-state index contributed by atoms with van der Waals surface area (Å²) in [5.41, 5.74) is 2.16. The van der Waals surface area contributed by atoms with Crippen LogP contribution in [-0.2, 0) is 6.04 Å². The van der Waals surface area contributed by atoms with E-state index in [1.807, 2.05) is 18.2 Å². The summed E-state index contributed by atoms with van der Waals surface area (Å²) in [6.45, 7) is 10.9. The standard InChI is InChI=1S/C14H17ClOSi/c1-5-13-12(9-17(2,3)4)11-8-10(15)6-7-14(11)16-13/h5-8H,1,9H2,2-4H3. The van der Waals surface area contributed by atoms with Crippen molar-refractivity contribution in [1.29, 1.82) is 0 Å². The molecule has 0 aliphatic heterocycles. The first kappa shape index (κ1) is 12.5. The minimum atomic E-state index is -1.19. The van der Waals surface area contributed by atoms with Crippen LogP contribution in [0.15, 0.2) is 29.2 Å². The molecule has 2 rings (SSSR count). The molecule has 0 amide bonds. The molecule has 0 atom stereocenters. The van der Waals surface area contributed by atoms with Crippen LogP contribution in [0.4, 0.5) is 0 Å². The highest BCUT2D eigenvalue weighted by atomic mass is 35.5. The smallest absolute Gasteiger partial charge is 0.135 e. The lowest BCUT2D eigenvalue weighted by Crippen LogP contribution is -2.24. The number of hydrogen-bond acceptors (Lipinski definition) is 1. The van der Waals surface area contributed by atoms with Gasteiger partial charge in [-0.1, -0.05) is 37.8 Å². The molecule has 90 valence electrons. The summed E-state index contributed by atoms with van der Waals surface area (Å²) in [4.78, 5) is 0. The SMILES string of the molecule is C=Cc1oc2ccc(Cl)cc2c1C[Si](C)(C)C. The van der Waals surface area contributed by atoms with Gasteiger partial charge < -0.3 is 4.42 Å². The van der Waals surface area contributed by atoms with Crippen molar-refractivity contribution >= 4 is 36.7 Å². The van der Waals surface area contributed by atoms with Crippen LogP contribution in [0.5, 0.6) is 0 Å². The minimum absolute atomic E-state index is 0.755. The van der Waals surface area contributed by atoms with Crippen molar-refractivity contribution < 1.29 is 4.42 Å². The Morgan fingerprint density at radius 3 is 2.65 bits per heavy atom. The van der Waals surface area contributed by atoms with Gasteiger partial charge in [-0.25, -0.2) is 0 Å². The zero-order valence-electron chi connectivity index (χ0n) is 10.5. The first-order chi connectivity index (χ1) is 7.90. The van der Waals surface area contributed by atoms with Crippen molar-refractivity contribution in [3.8, 4) is 0 Å². The summed E-state index contributed by atoms with van der Waals surface area (Å²) in [5, 5.41) is 1.89. The Kier molecular flexibility index (Phi) is 3.19. The summed E-state index contributed by atoms with van der Waals surface area (Å²) < 4.78 is 5.79. The van der Waals surface area contributed by atoms with E-state index in [-0.39, 0.29) is 0 Å². The highest BCUT2D eigenvalue weighted by Crippen LogP contribution is 2.31. The molecule has 0 saturated carbocycles. The second kappa shape index (κ2) is 4.35. The van der Waals surface area contributed by atoms with E-state index in [9.17, 15) is 0 Å². The zero-order chi connectivity index (χ0) is 12.6. The predicted octanol–water partition coefficient (Wildman–Crippen LogP) is 5.15. The summed E-state index contributed by atoms with van der Waals surface area (Å²) in [6.07, 6.45) is 1.80. The van der Waals surface area contributed by atoms with Crippen LogP contribution in [0.2, 0.25) is 24.7 Å². The number of fused-ring (bicyclic) bond motifs is 1. The predicted molar refractivity (Wildman–Crippen MR) is 78.4 cm³/mol. The first-order valence-electron chi connectivity index (χ1n) is 5.74. The molecule has 0 aliphatic carbocycles. The average Bonchev–Trinajstić information content (AvgIpc) is 2.54. The third-order valence-electron chi connectivity index (χ3n) is 2.68. The third kappa shape index (κ3) is 2.64. The van der Waals surface area contributed by atoms with Crippen LogP contribution >= 0.6 is 11.6 Å². The van der Waals surface area contributed by atoms with E-state index in [1.165, 1.54) is 5.56 Å². The maximum Gasteiger partial charge on any atom is 0.135 e. The molecule has 2 aromatic rings. The van der Waals surface area contributed by atoms with Crippen molar-refractivity contribution in [2.24, 2.45) is 0 Å². The van der Waals surface area contributed by atoms with Gasteiger partial charge in [0.05, 0.1) is 0 Å². The summed E-state index contributed by atoms with van der Waals surface area (Å²) in [7, 11) is -1.19. The van der Waals surface area contributed by atoms with Crippen molar-refractivity contribution in [3.05, 3.63) is 41.1 Å². The van der Waals surface area contributed by atoms with E-state index in [2.05, 4.69) is 26.2 Å². The number of rotatable bonds is 3. The van der Waals surface area contributed by atoms with Crippen LogP contribution in [0.25, 0.3) is 17.0 Å². The van der Waals surface area contributed by atoms with E-state index < -0.39 is 8.07 Å². The van der Waals surface area contributed by atoms with Gasteiger partial charge in [-0.15, -0.1) is 0 Å². The molecule has 0 bridgehead atoms. The van der Waals surface area contributed by atoms with Crippen molar-refractivity contribution in [1.82, 2.24) is 0 Å². The van der Waals surface area contributed by atoms with Crippen LogP contribution in [0, 0.1) is 0 Å². The van der Waals surface area contributed by atoms with Gasteiger partial charge in [0.2, 0.25) is 0 Å². The monoisotopic (exact) mass is 264 g/mol. The highest BCUT2D eigenvalue weighted by Gasteiger charge is 2.20. The topological polar surface area (TPSA) is 13.1 Å². The minimum Gasteiger partial charge on any atom is -0.456 e. The zero-order valence-corrected chi connectivity index (χ0v) is 12.3. The quantitative estimate of drug-likeness (QED) is 0.699. The molecule has 1 aromatic carbocycles. The van der Waals surface area contributed by atoms with Gasteiger partial charge in [0.1, 0.15) is 11.3 Å². The Morgan fingerprint density at radius 1 is 1.35 bits per heavy atom. The van der Waals surface area contributed by atoms with Crippen molar-refractivity contribution in [2.45, 2.75) is 25.7 Å². The van der Waals surface area contributed by atoms with E-state index in [0.717, 1.165) is 27.8 Å². The van der Waals surface area contributed by atoms with Crippen LogP contribution in [-0.4, -0.2) is 8.07 Å². The third-order valence-corrected chi connectivity index (χ3v) is 4.33. The Bertz CT molecular complexity index is 563. The summed E-state index contributed by atoms with van der Waals surface area (Å²) in [6, 6.07) is 6.86. The second-order valence-corrected chi connectivity index (χ2v) is 11.4. The Hall–Kier alpha value is -0.993. The molecular weight excluding hydrogens is 248 g/mol. The molecule has 1 heterocycles. The molecule has 0 unspecified atom stereocenters. The fourth-order valence-electron chi connectivity index (χ4n) is 2.02. The molecule has 1 nitrogen and oxygen atoms in total. The largest absolute Gasteiger partial charge is 0.456 e. The van der Waals surface area contributed by atoms with Crippen LogP contribution in [0.1, 0.15) is 11.3 Å². The molecule has 0 saturated heterocycles. The van der Waals surface area contributed by atoms with Gasteiger partial charge in [0, 0.05) is 24.0 Å². The normalized spacial score (nSPS) is 12.0. The lowest BCUT2D eigenvalue weighted by molar-refractivity contribution is 0.600. The molecule has 0 N–H and O–H groups in total. The molecule has 3 heteroatoms. The number of benzene rings is 1. The van der Waals surface area contributed by atoms with E-state index in [0.29, 0.717) is 0 Å². The van der Waals surface area contributed by atoms with Gasteiger partial charge in [0.25, 0.3) is 0 Å². The van der Waals surface area contributed by atoms with E-state index in [1.54, 1.807) is 6.08 Å². The Morgan fingerprint density at radius 2 is 2.06 bits per heavy atom. The van der Waals surface area contributed by atoms with Gasteiger partial charge in [-0.05, 0) is 30.3 Å². The Labute approximate surface area is 108 Å². The van der Waals surface area contributed by atoms with Gasteiger partial charge in [-0.3, -0.25) is 0 Å². The lowest BCUT2D eigenvalue weighted by atomic mass is 10.1. The van der Waals surface area contributed by atoms with Crippen LogP contribution < -0.4 is 0 Å². The lowest BCUT2D eigenvalue weighted by Gasteiger charge is -2.15. The maximum absolute atomic E-state index is 6.06.